The molecule has 4 heteroatoms. The van der Waals surface area contributed by atoms with Gasteiger partial charge in [-0.3, -0.25) is 0 Å². The molecule has 0 saturated carbocycles. The van der Waals surface area contributed by atoms with Crippen LogP contribution in [0.15, 0.2) is 42.5 Å². The average molecular weight is 268 g/mol. The fourth-order valence-electron chi connectivity index (χ4n) is 1.96. The lowest BCUT2D eigenvalue weighted by atomic mass is 10.1. The van der Waals surface area contributed by atoms with E-state index in [4.69, 9.17) is 10.00 Å². The van der Waals surface area contributed by atoms with Gasteiger partial charge in [0.15, 0.2) is 0 Å². The Morgan fingerprint density at radius 1 is 1.20 bits per heavy atom. The Morgan fingerprint density at radius 3 is 2.50 bits per heavy atom. The van der Waals surface area contributed by atoms with Gasteiger partial charge in [-0.25, -0.2) is 0 Å². The van der Waals surface area contributed by atoms with E-state index in [9.17, 15) is 5.11 Å². The number of benzene rings is 2. The monoisotopic (exact) mass is 268 g/mol. The fourth-order valence-corrected chi connectivity index (χ4v) is 1.96. The summed E-state index contributed by atoms with van der Waals surface area (Å²) in [6, 6.07) is 14.5. The number of aromatic hydroxyl groups is 1. The van der Waals surface area contributed by atoms with Crippen molar-refractivity contribution in [3.8, 4) is 17.6 Å². The van der Waals surface area contributed by atoms with Crippen LogP contribution in [-0.4, -0.2) is 12.2 Å². The number of methoxy groups -OCH3 is 1. The summed E-state index contributed by atoms with van der Waals surface area (Å²) in [6.45, 7) is 2.02. The molecule has 2 aromatic carbocycles. The van der Waals surface area contributed by atoms with Crippen molar-refractivity contribution in [3.63, 3.8) is 0 Å². The number of nitrogens with zero attached hydrogens (tertiary/aromatic N) is 1. The van der Waals surface area contributed by atoms with E-state index in [1.807, 2.05) is 25.1 Å². The highest BCUT2D eigenvalue weighted by molar-refractivity contribution is 5.60. The van der Waals surface area contributed by atoms with Crippen molar-refractivity contribution in [1.29, 1.82) is 5.26 Å². The topological polar surface area (TPSA) is 65.3 Å². The molecule has 1 unspecified atom stereocenters. The second kappa shape index (κ2) is 5.98. The van der Waals surface area contributed by atoms with E-state index in [0.29, 0.717) is 11.3 Å². The first kappa shape index (κ1) is 13.8. The van der Waals surface area contributed by atoms with Gasteiger partial charge in [0, 0.05) is 12.1 Å². The molecule has 4 nitrogen and oxygen atoms in total. The van der Waals surface area contributed by atoms with Gasteiger partial charge in [-0.15, -0.1) is 0 Å². The summed E-state index contributed by atoms with van der Waals surface area (Å²) >= 11 is 0. The van der Waals surface area contributed by atoms with E-state index in [-0.39, 0.29) is 11.8 Å². The van der Waals surface area contributed by atoms with E-state index in [0.717, 1.165) is 11.3 Å². The predicted molar refractivity (Wildman–Crippen MR) is 77.9 cm³/mol. The molecule has 2 rings (SSSR count). The molecular weight excluding hydrogens is 252 g/mol. The van der Waals surface area contributed by atoms with Crippen molar-refractivity contribution < 1.29 is 9.84 Å². The number of phenolic OH excluding ortho intramolecular Hbond substituents is 1. The first-order chi connectivity index (χ1) is 9.63. The molecule has 0 aromatic heterocycles. The maximum absolute atomic E-state index is 9.30. The Balaban J connectivity index is 2.21. The summed E-state index contributed by atoms with van der Waals surface area (Å²) in [7, 11) is 1.58. The largest absolute Gasteiger partial charge is 0.508 e. The maximum atomic E-state index is 9.30. The zero-order valence-electron chi connectivity index (χ0n) is 11.4. The maximum Gasteiger partial charge on any atom is 0.143 e. The molecule has 0 fully saturated rings. The summed E-state index contributed by atoms with van der Waals surface area (Å²) in [5.41, 5.74) is 2.44. The summed E-state index contributed by atoms with van der Waals surface area (Å²) in [5, 5.41) is 21.5. The summed E-state index contributed by atoms with van der Waals surface area (Å²) in [5.74, 6) is 0.881. The first-order valence-corrected chi connectivity index (χ1v) is 6.27. The van der Waals surface area contributed by atoms with E-state index in [2.05, 4.69) is 11.4 Å². The second-order valence-electron chi connectivity index (χ2n) is 4.48. The third kappa shape index (κ3) is 3.01. The summed E-state index contributed by atoms with van der Waals surface area (Å²) in [6.07, 6.45) is 0. The lowest BCUT2D eigenvalue weighted by Crippen LogP contribution is -2.07. The molecule has 0 radical (unpaired) electrons. The fraction of sp³-hybridized carbons (Fsp3) is 0.188. The van der Waals surface area contributed by atoms with E-state index in [1.54, 1.807) is 31.4 Å². The molecule has 0 saturated heterocycles. The van der Waals surface area contributed by atoms with Crippen LogP contribution >= 0.6 is 0 Å². The standard InChI is InChI=1S/C16H16N2O2/c1-11(13-4-6-14(19)7-5-13)18-15-8-3-12(10-17)9-16(15)20-2/h3-9,11,18-19H,1-2H3. The van der Waals surface area contributed by atoms with Crippen molar-refractivity contribution in [2.24, 2.45) is 0 Å². The van der Waals surface area contributed by atoms with Crippen molar-refractivity contribution in [2.75, 3.05) is 12.4 Å². The third-order valence-electron chi connectivity index (χ3n) is 3.10. The van der Waals surface area contributed by atoms with Crippen molar-refractivity contribution in [1.82, 2.24) is 0 Å². The quantitative estimate of drug-likeness (QED) is 0.891. The number of phenols is 1. The summed E-state index contributed by atoms with van der Waals surface area (Å²) in [4.78, 5) is 0. The number of anilines is 1. The molecular formula is C16H16N2O2. The normalized spacial score (nSPS) is 11.4. The van der Waals surface area contributed by atoms with Gasteiger partial charge in [0.05, 0.1) is 24.4 Å². The van der Waals surface area contributed by atoms with E-state index < -0.39 is 0 Å². The van der Waals surface area contributed by atoms with Gasteiger partial charge in [-0.2, -0.15) is 5.26 Å². The van der Waals surface area contributed by atoms with Crippen LogP contribution in [-0.2, 0) is 0 Å². The smallest absolute Gasteiger partial charge is 0.143 e. The highest BCUT2D eigenvalue weighted by atomic mass is 16.5. The van der Waals surface area contributed by atoms with Crippen LogP contribution in [0.1, 0.15) is 24.1 Å². The van der Waals surface area contributed by atoms with Gasteiger partial charge in [0.2, 0.25) is 0 Å². The van der Waals surface area contributed by atoms with Crippen LogP contribution in [0.4, 0.5) is 5.69 Å². The molecule has 0 amide bonds. The second-order valence-corrected chi connectivity index (χ2v) is 4.48. The van der Waals surface area contributed by atoms with Crippen LogP contribution in [0.3, 0.4) is 0 Å². The number of nitrogens with one attached hydrogen (secondary N) is 1. The molecule has 0 aliphatic rings. The first-order valence-electron chi connectivity index (χ1n) is 6.27. The predicted octanol–water partition coefficient (Wildman–Crippen LogP) is 3.45. The van der Waals surface area contributed by atoms with Gasteiger partial charge in [0.1, 0.15) is 11.5 Å². The average Bonchev–Trinajstić information content (AvgIpc) is 2.48. The molecule has 0 heterocycles. The Hall–Kier alpha value is -2.67. The molecule has 0 aliphatic heterocycles. The number of nitriles is 1. The van der Waals surface area contributed by atoms with Gasteiger partial charge >= 0.3 is 0 Å². The SMILES string of the molecule is COc1cc(C#N)ccc1NC(C)c1ccc(O)cc1. The number of hydrogen-bond donors (Lipinski definition) is 2. The molecule has 0 aliphatic carbocycles. The molecule has 2 aromatic rings. The van der Waals surface area contributed by atoms with Crippen molar-refractivity contribution in [2.45, 2.75) is 13.0 Å². The van der Waals surface area contributed by atoms with Gasteiger partial charge in [0.25, 0.3) is 0 Å². The minimum Gasteiger partial charge on any atom is -0.508 e. The number of ether oxygens (including phenoxy) is 1. The Morgan fingerprint density at radius 2 is 1.90 bits per heavy atom. The van der Waals surface area contributed by atoms with Crippen molar-refractivity contribution >= 4 is 5.69 Å². The van der Waals surface area contributed by atoms with Crippen molar-refractivity contribution in [3.05, 3.63) is 53.6 Å². The minimum atomic E-state index is 0.0532. The Kier molecular flexibility index (Phi) is 4.11. The van der Waals surface area contributed by atoms with E-state index in [1.165, 1.54) is 0 Å². The molecule has 1 atom stereocenters. The molecule has 20 heavy (non-hydrogen) atoms. The van der Waals surface area contributed by atoms with E-state index >= 15 is 0 Å². The van der Waals surface area contributed by atoms with Crippen LogP contribution in [0.2, 0.25) is 0 Å². The van der Waals surface area contributed by atoms with Crippen LogP contribution in [0.5, 0.6) is 11.5 Å². The highest BCUT2D eigenvalue weighted by Gasteiger charge is 2.09. The highest BCUT2D eigenvalue weighted by Crippen LogP contribution is 2.29. The van der Waals surface area contributed by atoms with Crippen LogP contribution in [0.25, 0.3) is 0 Å². The zero-order valence-corrected chi connectivity index (χ0v) is 11.4. The molecule has 2 N–H and O–H groups in total. The Bertz CT molecular complexity index is 630. The van der Waals surface area contributed by atoms with Gasteiger partial charge in [-0.1, -0.05) is 12.1 Å². The summed E-state index contributed by atoms with van der Waals surface area (Å²) < 4.78 is 5.29. The minimum absolute atomic E-state index is 0.0532. The number of hydrogen-bond acceptors (Lipinski definition) is 4. The van der Waals surface area contributed by atoms with Gasteiger partial charge < -0.3 is 15.2 Å². The lowest BCUT2D eigenvalue weighted by molar-refractivity contribution is 0.416. The number of rotatable bonds is 4. The lowest BCUT2D eigenvalue weighted by Gasteiger charge is -2.18. The van der Waals surface area contributed by atoms with Crippen LogP contribution < -0.4 is 10.1 Å². The Labute approximate surface area is 118 Å². The molecule has 0 bridgehead atoms. The molecule has 102 valence electrons. The van der Waals surface area contributed by atoms with Crippen LogP contribution in [0, 0.1) is 11.3 Å². The molecule has 0 spiro atoms. The zero-order chi connectivity index (χ0) is 14.5. The van der Waals surface area contributed by atoms with Gasteiger partial charge in [-0.05, 0) is 36.8 Å². The third-order valence-corrected chi connectivity index (χ3v) is 3.10.